The van der Waals surface area contributed by atoms with Crippen LogP contribution in [0.5, 0.6) is 0 Å². The minimum absolute atomic E-state index is 0.137. The van der Waals surface area contributed by atoms with Crippen molar-refractivity contribution in [2.24, 2.45) is 5.92 Å². The highest BCUT2D eigenvalue weighted by Gasteiger charge is 2.52. The number of allylic oxidation sites excluding steroid dienone is 1. The number of hydrogen-bond acceptors (Lipinski definition) is 3. The molecule has 0 aromatic heterocycles. The van der Waals surface area contributed by atoms with E-state index in [2.05, 4.69) is 75.9 Å². The third kappa shape index (κ3) is 5.30. The van der Waals surface area contributed by atoms with Gasteiger partial charge in [-0.05, 0) is 42.1 Å². The molecule has 0 saturated carbocycles. The molecule has 0 fully saturated rings. The van der Waals surface area contributed by atoms with Gasteiger partial charge in [0.1, 0.15) is 0 Å². The van der Waals surface area contributed by atoms with Crippen molar-refractivity contribution in [2.45, 2.75) is 58.6 Å². The maximum Gasteiger partial charge on any atom is 0.311 e. The molecule has 3 nitrogen and oxygen atoms in total. The third-order valence-electron chi connectivity index (χ3n) is 5.62. The van der Waals surface area contributed by atoms with E-state index >= 15 is 0 Å². The number of esters is 1. The number of benzene rings is 2. The van der Waals surface area contributed by atoms with Gasteiger partial charge in [0.2, 0.25) is 0 Å². The smallest absolute Gasteiger partial charge is 0.311 e. The first kappa shape index (κ1) is 24.1. The Morgan fingerprint density at radius 2 is 1.53 bits per heavy atom. The highest BCUT2D eigenvalue weighted by molar-refractivity contribution is 6.99. The maximum atomic E-state index is 12.8. The molecule has 2 aromatic carbocycles. The first-order valence-electron chi connectivity index (χ1n) is 10.8. The Hall–Kier alpha value is -2.17. The van der Waals surface area contributed by atoms with E-state index in [1.165, 1.54) is 10.4 Å². The van der Waals surface area contributed by atoms with Crippen LogP contribution in [0.1, 0.15) is 47.5 Å². The molecule has 2 rings (SSSR count). The number of rotatable bonds is 10. The summed E-state index contributed by atoms with van der Waals surface area (Å²) in [7, 11) is -2.72. The van der Waals surface area contributed by atoms with E-state index in [1.54, 1.807) is 0 Å². The second kappa shape index (κ2) is 10.7. The van der Waals surface area contributed by atoms with Crippen molar-refractivity contribution in [3.63, 3.8) is 0 Å². The highest BCUT2D eigenvalue weighted by Crippen LogP contribution is 2.38. The van der Waals surface area contributed by atoms with Crippen molar-refractivity contribution in [3.8, 4) is 0 Å². The number of hydrogen-bond donors (Lipinski definition) is 0. The van der Waals surface area contributed by atoms with Crippen molar-refractivity contribution >= 4 is 24.7 Å². The van der Waals surface area contributed by atoms with Crippen LogP contribution in [0, 0.1) is 5.92 Å². The zero-order chi connectivity index (χ0) is 22.2. The molecular formula is C26H36O3Si. The molecule has 0 aliphatic carbocycles. The molecule has 0 bridgehead atoms. The topological polar surface area (TPSA) is 35.5 Å². The fourth-order valence-corrected chi connectivity index (χ4v) is 8.88. The Morgan fingerprint density at radius 1 is 1.03 bits per heavy atom. The van der Waals surface area contributed by atoms with Crippen LogP contribution in [0.3, 0.4) is 0 Å². The normalized spacial score (nSPS) is 14.0. The fraction of sp³-hybridized carbons (Fsp3) is 0.423. The lowest BCUT2D eigenvalue weighted by Gasteiger charge is -2.45. The average molecular weight is 425 g/mol. The van der Waals surface area contributed by atoms with Gasteiger partial charge in [0.15, 0.2) is 0 Å². The molecule has 0 unspecified atom stereocenters. The minimum atomic E-state index is -2.72. The van der Waals surface area contributed by atoms with Gasteiger partial charge in [-0.25, -0.2) is 0 Å². The van der Waals surface area contributed by atoms with Gasteiger partial charge in [0, 0.05) is 0 Å². The van der Waals surface area contributed by atoms with Gasteiger partial charge in [-0.1, -0.05) is 87.5 Å². The summed E-state index contributed by atoms with van der Waals surface area (Å²) in [6.45, 7) is 14.8. The predicted octanol–water partition coefficient (Wildman–Crippen LogP) is 5.10. The lowest BCUT2D eigenvalue weighted by atomic mass is 9.98. The lowest BCUT2D eigenvalue weighted by molar-refractivity contribution is -0.151. The molecule has 0 aliphatic heterocycles. The Balaban J connectivity index is 2.59. The Labute approximate surface area is 183 Å². The summed E-state index contributed by atoms with van der Waals surface area (Å²) in [5.74, 6) is -0.519. The van der Waals surface area contributed by atoms with E-state index in [1.807, 2.05) is 32.1 Å². The maximum absolute atomic E-state index is 12.8. The van der Waals surface area contributed by atoms with E-state index in [4.69, 9.17) is 9.16 Å². The number of ether oxygens (including phenoxy) is 1. The SMILES string of the molecule is C=CCC[C@@H](C(=O)OCC)[C@H](C)O[Si](c1ccccc1)(c1ccccc1)C(C)(C)C. The van der Waals surface area contributed by atoms with Gasteiger partial charge >= 0.3 is 5.97 Å². The van der Waals surface area contributed by atoms with Gasteiger partial charge in [0.05, 0.1) is 18.6 Å². The number of carbonyl (C=O) groups excluding carboxylic acids is 1. The van der Waals surface area contributed by atoms with E-state index < -0.39 is 8.32 Å². The molecule has 0 radical (unpaired) electrons. The molecule has 4 heteroatoms. The van der Waals surface area contributed by atoms with E-state index in [9.17, 15) is 4.79 Å². The van der Waals surface area contributed by atoms with Crippen LogP contribution in [0.15, 0.2) is 73.3 Å². The summed E-state index contributed by atoms with van der Waals surface area (Å²) in [6.07, 6.45) is 2.98. The first-order valence-corrected chi connectivity index (χ1v) is 12.7. The molecule has 0 aliphatic rings. The van der Waals surface area contributed by atoms with Gasteiger partial charge in [-0.15, -0.1) is 6.58 Å². The monoisotopic (exact) mass is 424 g/mol. The summed E-state index contributed by atoms with van der Waals surface area (Å²) in [4.78, 5) is 12.8. The minimum Gasteiger partial charge on any atom is -0.466 e. The summed E-state index contributed by atoms with van der Waals surface area (Å²) < 4.78 is 12.5. The zero-order valence-electron chi connectivity index (χ0n) is 19.1. The Morgan fingerprint density at radius 3 is 1.93 bits per heavy atom. The van der Waals surface area contributed by atoms with Crippen LogP contribution in [-0.4, -0.2) is 27.0 Å². The van der Waals surface area contributed by atoms with Crippen LogP contribution in [0.2, 0.25) is 5.04 Å². The molecule has 0 spiro atoms. The Bertz CT molecular complexity index is 757. The zero-order valence-corrected chi connectivity index (χ0v) is 20.1. The standard InChI is InChI=1S/C26H36O3Si/c1-7-9-20-24(25(27)28-8-2)21(3)29-30(26(4,5)6,22-16-12-10-13-17-22)23-18-14-11-15-19-23/h7,10-19,21,24H,1,8-9,20H2,2-6H3/t21-,24+/m0/s1. The molecule has 30 heavy (non-hydrogen) atoms. The van der Waals surface area contributed by atoms with Crippen molar-refractivity contribution < 1.29 is 14.0 Å². The summed E-state index contributed by atoms with van der Waals surface area (Å²) >= 11 is 0. The van der Waals surface area contributed by atoms with E-state index in [-0.39, 0.29) is 23.0 Å². The lowest BCUT2D eigenvalue weighted by Crippen LogP contribution is -2.68. The third-order valence-corrected chi connectivity index (χ3v) is 10.7. The molecule has 2 atom stereocenters. The largest absolute Gasteiger partial charge is 0.466 e. The molecular weight excluding hydrogens is 388 g/mol. The molecule has 0 amide bonds. The highest BCUT2D eigenvalue weighted by atomic mass is 28.4. The molecule has 162 valence electrons. The van der Waals surface area contributed by atoms with Crippen molar-refractivity contribution in [1.82, 2.24) is 0 Å². The first-order chi connectivity index (χ1) is 14.3. The van der Waals surface area contributed by atoms with Crippen LogP contribution in [-0.2, 0) is 14.0 Å². The van der Waals surface area contributed by atoms with Crippen LogP contribution >= 0.6 is 0 Å². The van der Waals surface area contributed by atoms with E-state index in [0.29, 0.717) is 13.0 Å². The summed E-state index contributed by atoms with van der Waals surface area (Å²) in [6, 6.07) is 21.0. The van der Waals surface area contributed by atoms with Crippen LogP contribution in [0.4, 0.5) is 0 Å². The van der Waals surface area contributed by atoms with Crippen molar-refractivity contribution in [1.29, 1.82) is 0 Å². The summed E-state index contributed by atoms with van der Waals surface area (Å²) in [5.41, 5.74) is 0. The van der Waals surface area contributed by atoms with Gasteiger partial charge in [-0.3, -0.25) is 4.79 Å². The van der Waals surface area contributed by atoms with Gasteiger partial charge < -0.3 is 9.16 Å². The molecule has 0 heterocycles. The predicted molar refractivity (Wildman–Crippen MR) is 128 cm³/mol. The molecule has 0 N–H and O–H groups in total. The van der Waals surface area contributed by atoms with Crippen LogP contribution in [0.25, 0.3) is 0 Å². The fourth-order valence-electron chi connectivity index (χ4n) is 4.14. The second-order valence-corrected chi connectivity index (χ2v) is 13.0. The summed E-state index contributed by atoms with van der Waals surface area (Å²) in [5, 5.41) is 2.28. The van der Waals surface area contributed by atoms with Gasteiger partial charge in [-0.2, -0.15) is 0 Å². The second-order valence-electron chi connectivity index (χ2n) is 8.71. The molecule has 2 aromatic rings. The van der Waals surface area contributed by atoms with Crippen molar-refractivity contribution in [2.75, 3.05) is 6.61 Å². The average Bonchev–Trinajstić information content (AvgIpc) is 2.73. The quantitative estimate of drug-likeness (QED) is 0.302. The number of carbonyl (C=O) groups is 1. The van der Waals surface area contributed by atoms with Crippen molar-refractivity contribution in [3.05, 3.63) is 73.3 Å². The van der Waals surface area contributed by atoms with Gasteiger partial charge in [0.25, 0.3) is 8.32 Å². The van der Waals surface area contributed by atoms with Crippen LogP contribution < -0.4 is 10.4 Å². The Kier molecular flexibility index (Phi) is 8.62. The molecule has 0 saturated heterocycles. The van der Waals surface area contributed by atoms with E-state index in [0.717, 1.165) is 6.42 Å².